The lowest BCUT2D eigenvalue weighted by Gasteiger charge is -2.32. The predicted octanol–water partition coefficient (Wildman–Crippen LogP) is 2.06. The maximum atomic E-state index is 13.5. The molecule has 1 N–H and O–H groups in total. The largest absolute Gasteiger partial charge is 0.495 e. The van der Waals surface area contributed by atoms with Crippen molar-refractivity contribution in [1.82, 2.24) is 10.2 Å². The molecule has 1 unspecified atom stereocenters. The Labute approximate surface area is 202 Å². The minimum absolute atomic E-state index is 0.00254. The molecule has 0 bridgehead atoms. The summed E-state index contributed by atoms with van der Waals surface area (Å²) in [6, 6.07) is 7.72. The van der Waals surface area contributed by atoms with Crippen molar-refractivity contribution in [1.29, 1.82) is 0 Å². The van der Waals surface area contributed by atoms with E-state index in [1.807, 2.05) is 0 Å². The van der Waals surface area contributed by atoms with Crippen molar-refractivity contribution < 1.29 is 32.1 Å². The van der Waals surface area contributed by atoms with E-state index in [9.17, 15) is 32.5 Å². The molecule has 0 fully saturated rings. The standard InChI is InChI=1S/C22H27FN4O7S/c1-5-18(22(29)24-2)25(13-15-6-8-16(23)9-7-15)21(28)14-26(35(4,32)33)19-12-17(27(30)31)10-11-20(19)34-3/h6-12,18H,5,13-14H2,1-4H3,(H,24,29). The zero-order chi connectivity index (χ0) is 26.3. The van der Waals surface area contributed by atoms with Gasteiger partial charge in [0.1, 0.15) is 29.8 Å². The number of hydrogen-bond acceptors (Lipinski definition) is 7. The molecule has 0 saturated carbocycles. The van der Waals surface area contributed by atoms with Gasteiger partial charge in [0.25, 0.3) is 5.69 Å². The number of methoxy groups -OCH3 is 1. The van der Waals surface area contributed by atoms with Crippen LogP contribution >= 0.6 is 0 Å². The van der Waals surface area contributed by atoms with Gasteiger partial charge in [-0.2, -0.15) is 0 Å². The highest BCUT2D eigenvalue weighted by atomic mass is 32.2. The Kier molecular flexibility index (Phi) is 9.12. The van der Waals surface area contributed by atoms with Crippen molar-refractivity contribution in [3.05, 3.63) is 64.0 Å². The van der Waals surface area contributed by atoms with Crippen LogP contribution in [0.4, 0.5) is 15.8 Å². The van der Waals surface area contributed by atoms with E-state index < -0.39 is 50.9 Å². The van der Waals surface area contributed by atoms with Crippen molar-refractivity contribution in [3.63, 3.8) is 0 Å². The van der Waals surface area contributed by atoms with Crippen LogP contribution in [0.25, 0.3) is 0 Å². The lowest BCUT2D eigenvalue weighted by atomic mass is 10.1. The summed E-state index contributed by atoms with van der Waals surface area (Å²) < 4.78 is 44.6. The topological polar surface area (TPSA) is 139 Å². The van der Waals surface area contributed by atoms with E-state index in [0.717, 1.165) is 18.4 Å². The zero-order valence-corrected chi connectivity index (χ0v) is 20.5. The Morgan fingerprint density at radius 3 is 2.31 bits per heavy atom. The van der Waals surface area contributed by atoms with Crippen molar-refractivity contribution in [2.24, 2.45) is 0 Å². The fourth-order valence-electron chi connectivity index (χ4n) is 3.45. The Morgan fingerprint density at radius 2 is 1.83 bits per heavy atom. The lowest BCUT2D eigenvalue weighted by molar-refractivity contribution is -0.384. The first kappa shape index (κ1) is 27.5. The van der Waals surface area contributed by atoms with E-state index in [0.29, 0.717) is 9.87 Å². The summed E-state index contributed by atoms with van der Waals surface area (Å²) in [5, 5.41) is 13.7. The van der Waals surface area contributed by atoms with Gasteiger partial charge in [0, 0.05) is 25.7 Å². The molecule has 0 spiro atoms. The molecule has 2 aromatic carbocycles. The summed E-state index contributed by atoms with van der Waals surface area (Å²) in [5.41, 5.74) is -0.0879. The highest BCUT2D eigenvalue weighted by Gasteiger charge is 2.32. The predicted molar refractivity (Wildman–Crippen MR) is 127 cm³/mol. The first-order chi connectivity index (χ1) is 16.4. The van der Waals surface area contributed by atoms with Crippen molar-refractivity contribution in [3.8, 4) is 5.75 Å². The molecule has 2 amide bonds. The van der Waals surface area contributed by atoms with E-state index in [1.165, 1.54) is 49.4 Å². The van der Waals surface area contributed by atoms with E-state index in [1.54, 1.807) is 6.92 Å². The molecular formula is C22H27FN4O7S. The molecule has 11 nitrogen and oxygen atoms in total. The smallest absolute Gasteiger partial charge is 0.271 e. The first-order valence-corrected chi connectivity index (χ1v) is 12.3. The summed E-state index contributed by atoms with van der Waals surface area (Å²) in [4.78, 5) is 37.7. The van der Waals surface area contributed by atoms with E-state index in [-0.39, 0.29) is 24.4 Å². The number of non-ortho nitro benzene ring substituents is 1. The third kappa shape index (κ3) is 6.88. The molecule has 13 heteroatoms. The lowest BCUT2D eigenvalue weighted by Crippen LogP contribution is -2.51. The number of halogens is 1. The van der Waals surface area contributed by atoms with Gasteiger partial charge < -0.3 is 15.0 Å². The Morgan fingerprint density at radius 1 is 1.20 bits per heavy atom. The number of sulfonamides is 1. The summed E-state index contributed by atoms with van der Waals surface area (Å²) in [7, 11) is -1.46. The van der Waals surface area contributed by atoms with Gasteiger partial charge in [-0.1, -0.05) is 19.1 Å². The average Bonchev–Trinajstić information content (AvgIpc) is 2.82. The second kappa shape index (κ2) is 11.6. The second-order valence-corrected chi connectivity index (χ2v) is 9.48. The third-order valence-corrected chi connectivity index (χ3v) is 6.35. The van der Waals surface area contributed by atoms with Gasteiger partial charge in [0.15, 0.2) is 0 Å². The monoisotopic (exact) mass is 510 g/mol. The van der Waals surface area contributed by atoms with Crippen molar-refractivity contribution >= 4 is 33.2 Å². The van der Waals surface area contributed by atoms with Gasteiger partial charge in [-0.15, -0.1) is 0 Å². The van der Waals surface area contributed by atoms with Gasteiger partial charge in [-0.3, -0.25) is 24.0 Å². The molecule has 0 aliphatic heterocycles. The number of amides is 2. The summed E-state index contributed by atoms with van der Waals surface area (Å²) >= 11 is 0. The van der Waals surface area contributed by atoms with E-state index in [4.69, 9.17) is 4.74 Å². The molecule has 2 aromatic rings. The maximum absolute atomic E-state index is 13.5. The number of anilines is 1. The SMILES string of the molecule is CCC(C(=O)NC)N(Cc1ccc(F)cc1)C(=O)CN(c1cc([N+](=O)[O-])ccc1OC)S(C)(=O)=O. The molecule has 2 rings (SSSR count). The third-order valence-electron chi connectivity index (χ3n) is 5.22. The van der Waals surface area contributed by atoms with Crippen LogP contribution in [0.2, 0.25) is 0 Å². The molecular weight excluding hydrogens is 483 g/mol. The Balaban J connectivity index is 2.54. The highest BCUT2D eigenvalue weighted by molar-refractivity contribution is 7.92. The molecule has 0 aliphatic carbocycles. The molecule has 190 valence electrons. The molecule has 1 atom stereocenters. The number of nitro groups is 1. The van der Waals surface area contributed by atoms with Gasteiger partial charge in [-0.05, 0) is 30.2 Å². The fourth-order valence-corrected chi connectivity index (χ4v) is 4.30. The summed E-state index contributed by atoms with van der Waals surface area (Å²) in [6.45, 7) is 0.822. The van der Waals surface area contributed by atoms with Gasteiger partial charge in [0.05, 0.1) is 18.3 Å². The van der Waals surface area contributed by atoms with Gasteiger partial charge in [-0.25, -0.2) is 12.8 Å². The first-order valence-electron chi connectivity index (χ1n) is 10.5. The number of carbonyl (C=O) groups excluding carboxylic acids is 2. The van der Waals surface area contributed by atoms with E-state index in [2.05, 4.69) is 5.32 Å². The number of rotatable bonds is 11. The number of hydrogen-bond donors (Lipinski definition) is 1. The number of likely N-dealkylation sites (N-methyl/N-ethyl adjacent to an activating group) is 1. The number of nitro benzene ring substituents is 1. The molecule has 0 radical (unpaired) electrons. The van der Waals surface area contributed by atoms with Crippen molar-refractivity contribution in [2.75, 3.05) is 31.3 Å². The van der Waals surface area contributed by atoms with Crippen LogP contribution in [0.15, 0.2) is 42.5 Å². The van der Waals surface area contributed by atoms with Crippen LogP contribution in [0.3, 0.4) is 0 Å². The molecule has 0 aliphatic rings. The minimum Gasteiger partial charge on any atom is -0.495 e. The summed E-state index contributed by atoms with van der Waals surface area (Å²) in [6.07, 6.45) is 1.06. The van der Waals surface area contributed by atoms with Crippen LogP contribution in [-0.4, -0.2) is 63.1 Å². The zero-order valence-electron chi connectivity index (χ0n) is 19.7. The molecule has 0 aromatic heterocycles. The molecule has 0 saturated heterocycles. The fraction of sp³-hybridized carbons (Fsp3) is 0.364. The van der Waals surface area contributed by atoms with Gasteiger partial charge in [0.2, 0.25) is 21.8 Å². The van der Waals surface area contributed by atoms with E-state index >= 15 is 0 Å². The number of ether oxygens (including phenoxy) is 1. The van der Waals surface area contributed by atoms with Crippen LogP contribution < -0.4 is 14.4 Å². The number of carbonyl (C=O) groups is 2. The maximum Gasteiger partial charge on any atom is 0.271 e. The quantitative estimate of drug-likeness (QED) is 0.361. The number of benzene rings is 2. The Hall–Kier alpha value is -3.74. The van der Waals surface area contributed by atoms with Crippen molar-refractivity contribution in [2.45, 2.75) is 25.9 Å². The Bertz CT molecular complexity index is 1190. The van der Waals surface area contributed by atoms with Crippen LogP contribution in [0, 0.1) is 15.9 Å². The van der Waals surface area contributed by atoms with Crippen LogP contribution in [0.5, 0.6) is 5.75 Å². The van der Waals surface area contributed by atoms with Crippen LogP contribution in [-0.2, 0) is 26.2 Å². The number of nitrogens with one attached hydrogen (secondary N) is 1. The average molecular weight is 511 g/mol. The molecule has 0 heterocycles. The van der Waals surface area contributed by atoms with Crippen LogP contribution in [0.1, 0.15) is 18.9 Å². The minimum atomic E-state index is -4.13. The summed E-state index contributed by atoms with van der Waals surface area (Å²) in [5.74, 6) is -1.70. The normalized spacial score (nSPS) is 11.9. The second-order valence-electron chi connectivity index (χ2n) is 7.57. The van der Waals surface area contributed by atoms with Gasteiger partial charge >= 0.3 is 0 Å². The number of nitrogens with zero attached hydrogens (tertiary/aromatic N) is 3. The molecule has 35 heavy (non-hydrogen) atoms. The highest BCUT2D eigenvalue weighted by Crippen LogP contribution is 2.34.